The molecule has 0 saturated heterocycles. The number of hydrogen-bond donors (Lipinski definition) is 2. The molecule has 0 aliphatic heterocycles. The summed E-state index contributed by atoms with van der Waals surface area (Å²) >= 11 is 0. The SMILES string of the molecule is Nc1nc2ncn(C(COCc3ccccc3)COCc3ccccc3)c2c(=O)[nH]1. The highest BCUT2D eigenvalue weighted by molar-refractivity contribution is 5.70. The third-order valence-electron chi connectivity index (χ3n) is 4.69. The van der Waals surface area contributed by atoms with Crippen molar-refractivity contribution >= 4 is 17.1 Å². The van der Waals surface area contributed by atoms with Crippen LogP contribution in [0.15, 0.2) is 71.8 Å². The number of imidazole rings is 1. The highest BCUT2D eigenvalue weighted by Gasteiger charge is 2.18. The zero-order valence-corrected chi connectivity index (χ0v) is 16.4. The van der Waals surface area contributed by atoms with Crippen LogP contribution in [0.5, 0.6) is 0 Å². The van der Waals surface area contributed by atoms with Crippen molar-refractivity contribution in [2.24, 2.45) is 0 Å². The maximum atomic E-state index is 12.5. The third kappa shape index (κ3) is 4.73. The van der Waals surface area contributed by atoms with Gasteiger partial charge in [-0.15, -0.1) is 0 Å². The molecule has 0 unspecified atom stereocenters. The van der Waals surface area contributed by atoms with E-state index in [4.69, 9.17) is 15.2 Å². The van der Waals surface area contributed by atoms with E-state index >= 15 is 0 Å². The van der Waals surface area contributed by atoms with Gasteiger partial charge in [0.2, 0.25) is 5.95 Å². The minimum atomic E-state index is -0.342. The Labute approximate surface area is 173 Å². The van der Waals surface area contributed by atoms with Crippen molar-refractivity contribution in [3.8, 4) is 0 Å². The van der Waals surface area contributed by atoms with Gasteiger partial charge in [0.05, 0.1) is 38.8 Å². The molecule has 3 N–H and O–H groups in total. The van der Waals surface area contributed by atoms with Crippen molar-refractivity contribution in [2.45, 2.75) is 19.3 Å². The highest BCUT2D eigenvalue weighted by atomic mass is 16.5. The van der Waals surface area contributed by atoms with Crippen LogP contribution in [-0.2, 0) is 22.7 Å². The van der Waals surface area contributed by atoms with Crippen LogP contribution < -0.4 is 11.3 Å². The lowest BCUT2D eigenvalue weighted by Crippen LogP contribution is -2.24. The minimum Gasteiger partial charge on any atom is -0.375 e. The lowest BCUT2D eigenvalue weighted by atomic mass is 10.2. The number of nitrogens with zero attached hydrogens (tertiary/aromatic N) is 3. The van der Waals surface area contributed by atoms with Gasteiger partial charge >= 0.3 is 0 Å². The van der Waals surface area contributed by atoms with Gasteiger partial charge in [-0.1, -0.05) is 60.7 Å². The molecule has 30 heavy (non-hydrogen) atoms. The molecule has 154 valence electrons. The first kappa shape index (κ1) is 19.8. The van der Waals surface area contributed by atoms with E-state index in [0.29, 0.717) is 37.6 Å². The summed E-state index contributed by atoms with van der Waals surface area (Å²) in [7, 11) is 0. The van der Waals surface area contributed by atoms with Gasteiger partial charge in [-0.05, 0) is 11.1 Å². The fourth-order valence-corrected chi connectivity index (χ4v) is 3.23. The number of benzene rings is 2. The first-order chi connectivity index (χ1) is 14.7. The number of aromatic amines is 1. The number of nitrogens with one attached hydrogen (secondary N) is 1. The molecule has 0 radical (unpaired) electrons. The molecule has 8 heteroatoms. The minimum absolute atomic E-state index is 0.0370. The first-order valence-corrected chi connectivity index (χ1v) is 9.66. The zero-order valence-electron chi connectivity index (χ0n) is 16.4. The van der Waals surface area contributed by atoms with Gasteiger partial charge in [-0.3, -0.25) is 9.78 Å². The van der Waals surface area contributed by atoms with Crippen molar-refractivity contribution in [3.05, 3.63) is 88.5 Å². The Hall–Kier alpha value is -3.49. The number of fused-ring (bicyclic) bond motifs is 1. The van der Waals surface area contributed by atoms with Crippen LogP contribution in [-0.4, -0.2) is 32.7 Å². The lowest BCUT2D eigenvalue weighted by molar-refractivity contribution is 0.0328. The number of rotatable bonds is 9. The van der Waals surface area contributed by atoms with E-state index in [1.165, 1.54) is 0 Å². The van der Waals surface area contributed by atoms with Crippen LogP contribution in [0, 0.1) is 0 Å². The summed E-state index contributed by atoms with van der Waals surface area (Å²) in [4.78, 5) is 23.3. The fraction of sp³-hybridized carbons (Fsp3) is 0.227. The highest BCUT2D eigenvalue weighted by Crippen LogP contribution is 2.16. The molecule has 0 fully saturated rings. The zero-order chi connectivity index (χ0) is 20.8. The van der Waals surface area contributed by atoms with Crippen LogP contribution in [0.4, 0.5) is 5.95 Å². The van der Waals surface area contributed by atoms with E-state index in [2.05, 4.69) is 15.0 Å². The van der Waals surface area contributed by atoms with Gasteiger partial charge in [0.25, 0.3) is 5.56 Å². The predicted molar refractivity (Wildman–Crippen MR) is 114 cm³/mol. The molecule has 0 spiro atoms. The summed E-state index contributed by atoms with van der Waals surface area (Å²) in [6.07, 6.45) is 1.58. The van der Waals surface area contributed by atoms with E-state index in [-0.39, 0.29) is 17.5 Å². The summed E-state index contributed by atoms with van der Waals surface area (Å²) in [5, 5.41) is 0. The largest absolute Gasteiger partial charge is 0.375 e. The smallest absolute Gasteiger partial charge is 0.278 e. The van der Waals surface area contributed by atoms with Gasteiger partial charge < -0.3 is 19.8 Å². The molecule has 8 nitrogen and oxygen atoms in total. The standard InChI is InChI=1S/C22H23N5O3/c23-22-25-20-19(21(28)26-22)27(15-24-20)18(13-29-11-16-7-3-1-4-8-16)14-30-12-17-9-5-2-6-10-17/h1-10,15,18H,11-14H2,(H3,23,25,26,28). The maximum Gasteiger partial charge on any atom is 0.278 e. The quantitative estimate of drug-likeness (QED) is 0.443. The summed E-state index contributed by atoms with van der Waals surface area (Å²) in [6.45, 7) is 1.62. The van der Waals surface area contributed by atoms with Crippen LogP contribution >= 0.6 is 0 Å². The second-order valence-electron chi connectivity index (χ2n) is 6.93. The normalized spacial score (nSPS) is 11.4. The molecule has 2 heterocycles. The number of nitrogen functional groups attached to an aromatic ring is 1. The average molecular weight is 405 g/mol. The van der Waals surface area contributed by atoms with Crippen LogP contribution in [0.25, 0.3) is 11.2 Å². The average Bonchev–Trinajstić information content (AvgIpc) is 3.18. The Morgan fingerprint density at radius 1 is 0.933 bits per heavy atom. The second-order valence-corrected chi connectivity index (χ2v) is 6.93. The van der Waals surface area contributed by atoms with Gasteiger partial charge in [0.15, 0.2) is 11.2 Å². The third-order valence-corrected chi connectivity index (χ3v) is 4.69. The fourth-order valence-electron chi connectivity index (χ4n) is 3.23. The van der Waals surface area contributed by atoms with E-state index in [1.54, 1.807) is 10.9 Å². The molecule has 0 atom stereocenters. The molecule has 2 aromatic carbocycles. The molecule has 4 aromatic rings. The molecular weight excluding hydrogens is 382 g/mol. The Morgan fingerprint density at radius 3 is 2.07 bits per heavy atom. The topological polar surface area (TPSA) is 108 Å². The van der Waals surface area contributed by atoms with E-state index in [1.807, 2.05) is 60.7 Å². The monoisotopic (exact) mass is 405 g/mol. The molecule has 0 aliphatic rings. The Morgan fingerprint density at radius 2 is 1.50 bits per heavy atom. The number of anilines is 1. The molecule has 4 rings (SSSR count). The number of ether oxygens (including phenoxy) is 2. The Kier molecular flexibility index (Phi) is 6.17. The van der Waals surface area contributed by atoms with E-state index in [0.717, 1.165) is 11.1 Å². The van der Waals surface area contributed by atoms with Gasteiger partial charge in [0, 0.05) is 0 Å². The number of nitrogens with two attached hydrogens (primary N) is 1. The van der Waals surface area contributed by atoms with Gasteiger partial charge in [-0.25, -0.2) is 4.98 Å². The molecule has 0 saturated carbocycles. The summed E-state index contributed by atoms with van der Waals surface area (Å²) in [5.74, 6) is 0.0370. The predicted octanol–water partition coefficient (Wildman–Crippen LogP) is 2.68. The van der Waals surface area contributed by atoms with Crippen molar-refractivity contribution in [1.82, 2.24) is 19.5 Å². The number of aromatic nitrogens is 4. The summed E-state index contributed by atoms with van der Waals surface area (Å²) in [6, 6.07) is 19.6. The number of H-pyrrole nitrogens is 1. The second kappa shape index (κ2) is 9.34. The summed E-state index contributed by atoms with van der Waals surface area (Å²) in [5.41, 5.74) is 8.09. The van der Waals surface area contributed by atoms with Crippen molar-refractivity contribution in [3.63, 3.8) is 0 Å². The van der Waals surface area contributed by atoms with Crippen LogP contribution in [0.1, 0.15) is 17.2 Å². The lowest BCUT2D eigenvalue weighted by Gasteiger charge is -2.19. The van der Waals surface area contributed by atoms with E-state index < -0.39 is 0 Å². The molecular formula is C22H23N5O3. The van der Waals surface area contributed by atoms with Crippen molar-refractivity contribution in [1.29, 1.82) is 0 Å². The first-order valence-electron chi connectivity index (χ1n) is 9.66. The van der Waals surface area contributed by atoms with Gasteiger partial charge in [-0.2, -0.15) is 4.98 Å². The Balaban J connectivity index is 1.51. The molecule has 0 aliphatic carbocycles. The van der Waals surface area contributed by atoms with Crippen molar-refractivity contribution in [2.75, 3.05) is 18.9 Å². The number of hydrogen-bond acceptors (Lipinski definition) is 6. The molecule has 2 aromatic heterocycles. The Bertz CT molecular complexity index is 1100. The van der Waals surface area contributed by atoms with Crippen LogP contribution in [0.3, 0.4) is 0 Å². The summed E-state index contributed by atoms with van der Waals surface area (Å²) < 4.78 is 13.6. The van der Waals surface area contributed by atoms with Crippen molar-refractivity contribution < 1.29 is 9.47 Å². The molecule has 0 bridgehead atoms. The van der Waals surface area contributed by atoms with Gasteiger partial charge in [0.1, 0.15) is 0 Å². The van der Waals surface area contributed by atoms with E-state index in [9.17, 15) is 4.79 Å². The maximum absolute atomic E-state index is 12.5. The van der Waals surface area contributed by atoms with Crippen LogP contribution in [0.2, 0.25) is 0 Å². The molecule has 0 amide bonds.